The van der Waals surface area contributed by atoms with Gasteiger partial charge in [0.05, 0.1) is 0 Å². The number of carbonyl (C=O) groups excluding carboxylic acids is 1. The van der Waals surface area contributed by atoms with Gasteiger partial charge in [-0.25, -0.2) is 0 Å². The normalized spacial score (nSPS) is 11.2. The van der Waals surface area contributed by atoms with E-state index in [2.05, 4.69) is 24.4 Å². The molecule has 2 heteroatoms. The Morgan fingerprint density at radius 1 is 1.19 bits per heavy atom. The van der Waals surface area contributed by atoms with Gasteiger partial charge in [-0.05, 0) is 17.5 Å². The van der Waals surface area contributed by atoms with Gasteiger partial charge < -0.3 is 5.32 Å². The summed E-state index contributed by atoms with van der Waals surface area (Å²) in [5.74, 6) is 0.0957. The van der Waals surface area contributed by atoms with Crippen LogP contribution in [0.5, 0.6) is 0 Å². The van der Waals surface area contributed by atoms with Gasteiger partial charge in [0.15, 0.2) is 0 Å². The van der Waals surface area contributed by atoms with E-state index in [9.17, 15) is 4.79 Å². The standard InChI is InChI=1S/C14H21NO/c1-5-11-8-6-7-9-12(11)10-15-13(16)14(2,3)4/h6-9H,5,10H2,1-4H3,(H,15,16). The van der Waals surface area contributed by atoms with Crippen molar-refractivity contribution in [3.8, 4) is 0 Å². The van der Waals surface area contributed by atoms with Crippen molar-refractivity contribution in [2.45, 2.75) is 40.7 Å². The molecule has 1 aromatic rings. The summed E-state index contributed by atoms with van der Waals surface area (Å²) >= 11 is 0. The van der Waals surface area contributed by atoms with Crippen molar-refractivity contribution in [2.75, 3.05) is 0 Å². The van der Waals surface area contributed by atoms with E-state index >= 15 is 0 Å². The van der Waals surface area contributed by atoms with Crippen molar-refractivity contribution in [3.05, 3.63) is 35.4 Å². The van der Waals surface area contributed by atoms with Crippen LogP contribution in [0.1, 0.15) is 38.8 Å². The molecular formula is C14H21NO. The number of carbonyl (C=O) groups is 1. The molecule has 0 radical (unpaired) electrons. The fourth-order valence-corrected chi connectivity index (χ4v) is 1.52. The Kier molecular flexibility index (Phi) is 4.11. The molecule has 1 rings (SSSR count). The molecule has 0 bridgehead atoms. The maximum Gasteiger partial charge on any atom is 0.225 e. The van der Waals surface area contributed by atoms with Crippen LogP contribution in [-0.2, 0) is 17.8 Å². The summed E-state index contributed by atoms with van der Waals surface area (Å²) in [4.78, 5) is 11.7. The first-order valence-electron chi connectivity index (χ1n) is 5.80. The zero-order valence-electron chi connectivity index (χ0n) is 10.6. The summed E-state index contributed by atoms with van der Waals surface area (Å²) in [5.41, 5.74) is 2.19. The predicted molar refractivity (Wildman–Crippen MR) is 67.1 cm³/mol. The van der Waals surface area contributed by atoms with E-state index in [0.717, 1.165) is 6.42 Å². The zero-order valence-corrected chi connectivity index (χ0v) is 10.6. The third-order valence-electron chi connectivity index (χ3n) is 2.62. The highest BCUT2D eigenvalue weighted by molar-refractivity contribution is 5.81. The number of nitrogens with one attached hydrogen (secondary N) is 1. The van der Waals surface area contributed by atoms with E-state index in [-0.39, 0.29) is 11.3 Å². The molecule has 0 aromatic heterocycles. The number of benzene rings is 1. The van der Waals surface area contributed by atoms with Crippen molar-refractivity contribution in [1.82, 2.24) is 5.32 Å². The van der Waals surface area contributed by atoms with E-state index < -0.39 is 0 Å². The van der Waals surface area contributed by atoms with Crippen LogP contribution in [0, 0.1) is 5.41 Å². The monoisotopic (exact) mass is 219 g/mol. The third kappa shape index (κ3) is 3.37. The number of amides is 1. The van der Waals surface area contributed by atoms with Gasteiger partial charge in [-0.3, -0.25) is 4.79 Å². The van der Waals surface area contributed by atoms with Crippen molar-refractivity contribution >= 4 is 5.91 Å². The molecule has 1 amide bonds. The molecule has 0 saturated heterocycles. The highest BCUT2D eigenvalue weighted by Gasteiger charge is 2.20. The van der Waals surface area contributed by atoms with Crippen LogP contribution in [0.2, 0.25) is 0 Å². The summed E-state index contributed by atoms with van der Waals surface area (Å²) in [7, 11) is 0. The minimum absolute atomic E-state index is 0.0957. The molecule has 0 atom stereocenters. The molecule has 0 spiro atoms. The molecule has 0 unspecified atom stereocenters. The molecular weight excluding hydrogens is 198 g/mol. The van der Waals surface area contributed by atoms with Gasteiger partial charge in [-0.1, -0.05) is 52.0 Å². The smallest absolute Gasteiger partial charge is 0.225 e. The molecule has 0 fully saturated rings. The Hall–Kier alpha value is -1.31. The number of hydrogen-bond acceptors (Lipinski definition) is 1. The van der Waals surface area contributed by atoms with Crippen LogP contribution < -0.4 is 5.32 Å². The van der Waals surface area contributed by atoms with Gasteiger partial charge in [0, 0.05) is 12.0 Å². The molecule has 16 heavy (non-hydrogen) atoms. The van der Waals surface area contributed by atoms with Crippen molar-refractivity contribution in [3.63, 3.8) is 0 Å². The second-order valence-corrected chi connectivity index (χ2v) is 5.05. The molecule has 0 heterocycles. The Morgan fingerprint density at radius 2 is 1.75 bits per heavy atom. The Morgan fingerprint density at radius 3 is 2.25 bits per heavy atom. The van der Waals surface area contributed by atoms with E-state index in [1.165, 1.54) is 11.1 Å². The van der Waals surface area contributed by atoms with E-state index in [4.69, 9.17) is 0 Å². The van der Waals surface area contributed by atoms with Crippen LogP contribution >= 0.6 is 0 Å². The van der Waals surface area contributed by atoms with Crippen LogP contribution in [0.15, 0.2) is 24.3 Å². The van der Waals surface area contributed by atoms with Gasteiger partial charge in [-0.15, -0.1) is 0 Å². The Bertz CT molecular complexity index is 363. The average Bonchev–Trinajstić information content (AvgIpc) is 2.24. The van der Waals surface area contributed by atoms with Crippen molar-refractivity contribution in [1.29, 1.82) is 0 Å². The molecule has 88 valence electrons. The van der Waals surface area contributed by atoms with E-state index in [1.807, 2.05) is 32.9 Å². The lowest BCUT2D eigenvalue weighted by atomic mass is 9.95. The predicted octanol–water partition coefficient (Wildman–Crippen LogP) is 2.91. The molecule has 0 aliphatic carbocycles. The van der Waals surface area contributed by atoms with E-state index in [0.29, 0.717) is 6.54 Å². The quantitative estimate of drug-likeness (QED) is 0.832. The molecule has 0 saturated carbocycles. The fourth-order valence-electron chi connectivity index (χ4n) is 1.52. The topological polar surface area (TPSA) is 29.1 Å². The van der Waals surface area contributed by atoms with Gasteiger partial charge >= 0.3 is 0 Å². The summed E-state index contributed by atoms with van der Waals surface area (Å²) in [6, 6.07) is 8.23. The second kappa shape index (κ2) is 5.15. The van der Waals surface area contributed by atoms with Crippen LogP contribution in [0.25, 0.3) is 0 Å². The lowest BCUT2D eigenvalue weighted by Crippen LogP contribution is -2.34. The molecule has 0 aliphatic rings. The molecule has 0 aliphatic heterocycles. The zero-order chi connectivity index (χ0) is 12.2. The van der Waals surface area contributed by atoms with Crippen LogP contribution in [-0.4, -0.2) is 5.91 Å². The molecule has 1 N–H and O–H groups in total. The van der Waals surface area contributed by atoms with E-state index in [1.54, 1.807) is 0 Å². The molecule has 1 aromatic carbocycles. The van der Waals surface area contributed by atoms with Gasteiger partial charge in [0.25, 0.3) is 0 Å². The lowest BCUT2D eigenvalue weighted by molar-refractivity contribution is -0.128. The Labute approximate surface area is 98.1 Å². The van der Waals surface area contributed by atoms with Gasteiger partial charge in [-0.2, -0.15) is 0 Å². The maximum atomic E-state index is 11.7. The largest absolute Gasteiger partial charge is 0.352 e. The third-order valence-corrected chi connectivity index (χ3v) is 2.62. The van der Waals surface area contributed by atoms with Crippen LogP contribution in [0.4, 0.5) is 0 Å². The number of hydrogen-bond donors (Lipinski definition) is 1. The first-order valence-corrected chi connectivity index (χ1v) is 5.80. The highest BCUT2D eigenvalue weighted by Crippen LogP contribution is 2.14. The van der Waals surface area contributed by atoms with Crippen molar-refractivity contribution < 1.29 is 4.79 Å². The average molecular weight is 219 g/mol. The first-order chi connectivity index (χ1) is 7.45. The minimum Gasteiger partial charge on any atom is -0.352 e. The minimum atomic E-state index is -0.318. The van der Waals surface area contributed by atoms with Crippen LogP contribution in [0.3, 0.4) is 0 Å². The summed E-state index contributed by atoms with van der Waals surface area (Å²) < 4.78 is 0. The first kappa shape index (κ1) is 12.8. The maximum absolute atomic E-state index is 11.7. The lowest BCUT2D eigenvalue weighted by Gasteiger charge is -2.18. The SMILES string of the molecule is CCc1ccccc1CNC(=O)C(C)(C)C. The Balaban J connectivity index is 2.65. The van der Waals surface area contributed by atoms with Crippen molar-refractivity contribution in [2.24, 2.45) is 5.41 Å². The second-order valence-electron chi connectivity index (χ2n) is 5.05. The number of rotatable bonds is 3. The highest BCUT2D eigenvalue weighted by atomic mass is 16.2. The number of aryl methyl sites for hydroxylation is 1. The van der Waals surface area contributed by atoms with Gasteiger partial charge in [0.1, 0.15) is 0 Å². The fraction of sp³-hybridized carbons (Fsp3) is 0.500. The summed E-state index contributed by atoms with van der Waals surface area (Å²) in [6.45, 7) is 8.53. The molecule has 2 nitrogen and oxygen atoms in total. The van der Waals surface area contributed by atoms with Gasteiger partial charge in [0.2, 0.25) is 5.91 Å². The summed E-state index contributed by atoms with van der Waals surface area (Å²) in [6.07, 6.45) is 1.00. The summed E-state index contributed by atoms with van der Waals surface area (Å²) in [5, 5.41) is 2.97.